The van der Waals surface area contributed by atoms with E-state index in [2.05, 4.69) is 38.2 Å². The molecule has 0 saturated heterocycles. The van der Waals surface area contributed by atoms with Gasteiger partial charge in [0.1, 0.15) is 19.3 Å². The highest BCUT2D eigenvalue weighted by atomic mass is 16.6. The van der Waals surface area contributed by atoms with E-state index in [0.717, 1.165) is 38.5 Å². The van der Waals surface area contributed by atoms with Crippen molar-refractivity contribution < 1.29 is 34.4 Å². The average Bonchev–Trinajstić information content (AvgIpc) is 3.03. The van der Waals surface area contributed by atoms with Crippen molar-refractivity contribution in [1.82, 2.24) is 0 Å². The standard InChI is InChI=1S/C38H68O7/c1-3-5-7-9-11-13-15-17-19-21-23-25-28-35(40)36(41)29-27-31-38(43)45-33-34(39)32-44-37(42)30-26-24-22-20-18-16-14-12-10-8-6-4-2/h11,13,17,19,23,25,34-36,39-41H,3-10,12,14-16,18,20-22,24,26-33H2,1-2H3/b13-11-,19-17-,25-23-/t34-,35?,36?/m1/s1. The van der Waals surface area contributed by atoms with Crippen molar-refractivity contribution >= 4 is 11.9 Å². The second-order valence-electron chi connectivity index (χ2n) is 12.3. The van der Waals surface area contributed by atoms with Crippen LogP contribution in [0.4, 0.5) is 0 Å². The zero-order chi connectivity index (χ0) is 33.2. The third kappa shape index (κ3) is 31.8. The van der Waals surface area contributed by atoms with E-state index in [0.29, 0.717) is 19.3 Å². The van der Waals surface area contributed by atoms with Crippen LogP contribution in [-0.4, -0.2) is 58.8 Å². The minimum Gasteiger partial charge on any atom is -0.463 e. The first-order chi connectivity index (χ1) is 21.9. The number of rotatable bonds is 32. The molecule has 0 aliphatic carbocycles. The minimum absolute atomic E-state index is 0.0724. The molecule has 0 saturated carbocycles. The molecule has 0 heterocycles. The molecule has 0 fully saturated rings. The summed E-state index contributed by atoms with van der Waals surface area (Å²) in [5, 5.41) is 30.3. The summed E-state index contributed by atoms with van der Waals surface area (Å²) in [4.78, 5) is 23.9. The van der Waals surface area contributed by atoms with E-state index < -0.39 is 24.3 Å². The second kappa shape index (κ2) is 33.4. The molecular formula is C38H68O7. The van der Waals surface area contributed by atoms with Crippen LogP contribution in [0.5, 0.6) is 0 Å². The number of ether oxygens (including phenoxy) is 2. The van der Waals surface area contributed by atoms with Gasteiger partial charge in [0.2, 0.25) is 0 Å². The predicted molar refractivity (Wildman–Crippen MR) is 185 cm³/mol. The normalized spacial score (nSPS) is 14.0. The number of esters is 2. The van der Waals surface area contributed by atoms with Crippen molar-refractivity contribution in [3.8, 4) is 0 Å². The minimum atomic E-state index is -1.07. The Labute approximate surface area is 275 Å². The van der Waals surface area contributed by atoms with Crippen LogP contribution in [0.2, 0.25) is 0 Å². The zero-order valence-electron chi connectivity index (χ0n) is 28.8. The first-order valence-electron chi connectivity index (χ1n) is 18.2. The van der Waals surface area contributed by atoms with Crippen LogP contribution >= 0.6 is 0 Å². The summed E-state index contributed by atoms with van der Waals surface area (Å²) in [6, 6.07) is 0. The van der Waals surface area contributed by atoms with Gasteiger partial charge in [-0.3, -0.25) is 9.59 Å². The number of allylic oxidation sites excluding steroid dienone is 5. The fraction of sp³-hybridized carbons (Fsp3) is 0.789. The van der Waals surface area contributed by atoms with Crippen molar-refractivity contribution in [3.63, 3.8) is 0 Å². The molecule has 0 amide bonds. The molecule has 7 heteroatoms. The lowest BCUT2D eigenvalue weighted by atomic mass is 10.0. The van der Waals surface area contributed by atoms with Crippen molar-refractivity contribution in [2.75, 3.05) is 13.2 Å². The molecule has 2 unspecified atom stereocenters. The highest BCUT2D eigenvalue weighted by Crippen LogP contribution is 2.13. The molecule has 45 heavy (non-hydrogen) atoms. The van der Waals surface area contributed by atoms with Crippen LogP contribution in [0.3, 0.4) is 0 Å². The van der Waals surface area contributed by atoms with Gasteiger partial charge < -0.3 is 24.8 Å². The van der Waals surface area contributed by atoms with Gasteiger partial charge >= 0.3 is 11.9 Å². The van der Waals surface area contributed by atoms with E-state index in [1.165, 1.54) is 77.0 Å². The summed E-state index contributed by atoms with van der Waals surface area (Å²) >= 11 is 0. The first-order valence-corrected chi connectivity index (χ1v) is 18.2. The predicted octanol–water partition coefficient (Wildman–Crippen LogP) is 8.84. The Kier molecular flexibility index (Phi) is 31.9. The molecule has 3 N–H and O–H groups in total. The molecular weight excluding hydrogens is 568 g/mol. The van der Waals surface area contributed by atoms with Crippen LogP contribution in [0.25, 0.3) is 0 Å². The van der Waals surface area contributed by atoms with Crippen LogP contribution in [0.15, 0.2) is 36.5 Å². The van der Waals surface area contributed by atoms with Crippen LogP contribution in [0, 0.1) is 0 Å². The topological polar surface area (TPSA) is 113 Å². The van der Waals surface area contributed by atoms with Crippen molar-refractivity contribution in [2.45, 2.75) is 180 Å². The maximum atomic E-state index is 12.0. The Balaban J connectivity index is 3.72. The lowest BCUT2D eigenvalue weighted by molar-refractivity contribution is -0.152. The Bertz CT molecular complexity index is 761. The quantitative estimate of drug-likeness (QED) is 0.0384. The van der Waals surface area contributed by atoms with Crippen LogP contribution in [0.1, 0.15) is 162 Å². The SMILES string of the molecule is CCCCC/C=C\C/C=C\C/C=C\CC(O)C(O)CCCC(=O)OC[C@H](O)COC(=O)CCCCCCCCCCCCCC. The monoisotopic (exact) mass is 636 g/mol. The number of carbonyl (C=O) groups is 2. The van der Waals surface area contributed by atoms with Crippen LogP contribution in [-0.2, 0) is 19.1 Å². The summed E-state index contributed by atoms with van der Waals surface area (Å²) in [5.41, 5.74) is 0. The number of carbonyl (C=O) groups excluding carboxylic acids is 2. The van der Waals surface area contributed by atoms with E-state index in [-0.39, 0.29) is 32.0 Å². The molecule has 0 bridgehead atoms. The highest BCUT2D eigenvalue weighted by Gasteiger charge is 2.16. The third-order valence-corrected chi connectivity index (χ3v) is 7.83. The lowest BCUT2D eigenvalue weighted by Gasteiger charge is -2.16. The van der Waals surface area contributed by atoms with Gasteiger partial charge in [-0.1, -0.05) is 134 Å². The fourth-order valence-corrected chi connectivity index (χ4v) is 4.89. The summed E-state index contributed by atoms with van der Waals surface area (Å²) in [7, 11) is 0. The maximum Gasteiger partial charge on any atom is 0.305 e. The van der Waals surface area contributed by atoms with Gasteiger partial charge in [-0.05, 0) is 51.4 Å². The van der Waals surface area contributed by atoms with Gasteiger partial charge in [-0.15, -0.1) is 0 Å². The molecule has 7 nitrogen and oxygen atoms in total. The highest BCUT2D eigenvalue weighted by molar-refractivity contribution is 5.69. The summed E-state index contributed by atoms with van der Waals surface area (Å²) < 4.78 is 10.2. The van der Waals surface area contributed by atoms with Gasteiger partial charge in [0, 0.05) is 12.8 Å². The Morgan fingerprint density at radius 1 is 0.533 bits per heavy atom. The summed E-state index contributed by atoms with van der Waals surface area (Å²) in [6.45, 7) is 4.00. The number of aliphatic hydroxyl groups is 3. The van der Waals surface area contributed by atoms with Gasteiger partial charge in [0.05, 0.1) is 12.2 Å². The van der Waals surface area contributed by atoms with E-state index >= 15 is 0 Å². The van der Waals surface area contributed by atoms with Gasteiger partial charge in [-0.25, -0.2) is 0 Å². The molecule has 3 atom stereocenters. The maximum absolute atomic E-state index is 12.0. The Morgan fingerprint density at radius 2 is 0.978 bits per heavy atom. The molecule has 0 aromatic carbocycles. The zero-order valence-corrected chi connectivity index (χ0v) is 28.8. The molecule has 262 valence electrons. The molecule has 0 radical (unpaired) electrons. The summed E-state index contributed by atoms with van der Waals surface area (Å²) in [6.07, 6.45) is 32.3. The first kappa shape index (κ1) is 43.0. The van der Waals surface area contributed by atoms with E-state index in [4.69, 9.17) is 9.47 Å². The number of aliphatic hydroxyl groups excluding tert-OH is 3. The molecule has 0 aromatic rings. The largest absolute Gasteiger partial charge is 0.463 e. The van der Waals surface area contributed by atoms with Crippen molar-refractivity contribution in [3.05, 3.63) is 36.5 Å². The number of hydrogen-bond donors (Lipinski definition) is 3. The average molecular weight is 637 g/mol. The van der Waals surface area contributed by atoms with Crippen LogP contribution < -0.4 is 0 Å². The van der Waals surface area contributed by atoms with Gasteiger partial charge in [0.15, 0.2) is 0 Å². The Hall–Kier alpha value is -1.96. The number of unbranched alkanes of at least 4 members (excludes halogenated alkanes) is 14. The number of hydrogen-bond acceptors (Lipinski definition) is 7. The summed E-state index contributed by atoms with van der Waals surface area (Å²) in [5.74, 6) is -0.840. The van der Waals surface area contributed by atoms with E-state index in [9.17, 15) is 24.9 Å². The van der Waals surface area contributed by atoms with E-state index in [1.807, 2.05) is 12.2 Å². The molecule has 0 aromatic heterocycles. The smallest absolute Gasteiger partial charge is 0.305 e. The third-order valence-electron chi connectivity index (χ3n) is 7.83. The molecule has 0 aliphatic rings. The van der Waals surface area contributed by atoms with Crippen molar-refractivity contribution in [1.29, 1.82) is 0 Å². The van der Waals surface area contributed by atoms with Crippen molar-refractivity contribution in [2.24, 2.45) is 0 Å². The molecule has 0 spiro atoms. The fourth-order valence-electron chi connectivity index (χ4n) is 4.89. The Morgan fingerprint density at radius 3 is 1.53 bits per heavy atom. The molecule has 0 aliphatic heterocycles. The van der Waals surface area contributed by atoms with Gasteiger partial charge in [-0.2, -0.15) is 0 Å². The molecule has 0 rings (SSSR count). The van der Waals surface area contributed by atoms with Gasteiger partial charge in [0.25, 0.3) is 0 Å². The van der Waals surface area contributed by atoms with E-state index in [1.54, 1.807) is 0 Å². The lowest BCUT2D eigenvalue weighted by Crippen LogP contribution is -2.26. The second-order valence-corrected chi connectivity index (χ2v) is 12.3.